The minimum Gasteiger partial charge on any atom is -0.364 e. The second kappa shape index (κ2) is 8.90. The topological polar surface area (TPSA) is 105 Å². The number of hydrogen-bond donors (Lipinski definition) is 3. The van der Waals surface area contributed by atoms with Gasteiger partial charge in [-0.3, -0.25) is 4.57 Å². The highest BCUT2D eigenvalue weighted by atomic mass is 32.2. The Hall–Kier alpha value is -3.73. The molecule has 10 heteroatoms. The normalized spacial score (nSPS) is 11.9. The number of fused-ring (bicyclic) bond motifs is 2. The Morgan fingerprint density at radius 2 is 1.74 bits per heavy atom. The molecule has 3 heterocycles. The molecule has 9 nitrogen and oxygen atoms in total. The molecule has 3 aromatic heterocycles. The van der Waals surface area contributed by atoms with Crippen LogP contribution in [0.5, 0.6) is 0 Å². The summed E-state index contributed by atoms with van der Waals surface area (Å²) in [6.07, 6.45) is 1.90. The summed E-state index contributed by atoms with van der Waals surface area (Å²) in [7, 11) is -2.16. The molecular formula is C24H25N7O2S. The molecule has 0 saturated heterocycles. The molecule has 0 amide bonds. The van der Waals surface area contributed by atoms with Gasteiger partial charge in [0.2, 0.25) is 0 Å². The van der Waals surface area contributed by atoms with Crippen LogP contribution in [0.3, 0.4) is 0 Å². The zero-order valence-electron chi connectivity index (χ0n) is 18.9. The lowest BCUT2D eigenvalue weighted by Gasteiger charge is -2.12. The quantitative estimate of drug-likeness (QED) is 0.320. The van der Waals surface area contributed by atoms with Crippen molar-refractivity contribution in [3.8, 4) is 5.95 Å². The lowest BCUT2D eigenvalue weighted by molar-refractivity contribution is 0.573. The maximum atomic E-state index is 11.8. The van der Waals surface area contributed by atoms with Gasteiger partial charge in [0.1, 0.15) is 5.52 Å². The van der Waals surface area contributed by atoms with Crippen LogP contribution in [0.2, 0.25) is 0 Å². The van der Waals surface area contributed by atoms with Gasteiger partial charge >= 0.3 is 0 Å². The second-order valence-electron chi connectivity index (χ2n) is 7.94. The van der Waals surface area contributed by atoms with Crippen molar-refractivity contribution in [1.29, 1.82) is 0 Å². The van der Waals surface area contributed by atoms with Crippen LogP contribution < -0.4 is 14.8 Å². The van der Waals surface area contributed by atoms with Gasteiger partial charge in [0.25, 0.3) is 16.2 Å². The van der Waals surface area contributed by atoms with E-state index in [1.807, 2.05) is 76.8 Å². The highest BCUT2D eigenvalue weighted by Crippen LogP contribution is 2.27. The number of nitrogens with one attached hydrogen (secondary N) is 3. The van der Waals surface area contributed by atoms with Gasteiger partial charge in [-0.15, -0.1) is 5.10 Å². The molecule has 0 aliphatic heterocycles. The summed E-state index contributed by atoms with van der Waals surface area (Å²) in [4.78, 5) is 4.87. The van der Waals surface area contributed by atoms with E-state index in [2.05, 4.69) is 26.9 Å². The lowest BCUT2D eigenvalue weighted by Crippen LogP contribution is -2.33. The van der Waals surface area contributed by atoms with E-state index < -0.39 is 10.2 Å². The first-order chi connectivity index (χ1) is 16.4. The Morgan fingerprint density at radius 3 is 2.53 bits per heavy atom. The van der Waals surface area contributed by atoms with E-state index in [-0.39, 0.29) is 6.54 Å². The summed E-state index contributed by atoms with van der Waals surface area (Å²) in [5.41, 5.74) is 4.75. The predicted molar refractivity (Wildman–Crippen MR) is 133 cm³/mol. The van der Waals surface area contributed by atoms with Gasteiger partial charge in [-0.1, -0.05) is 42.5 Å². The fourth-order valence-corrected chi connectivity index (χ4v) is 4.51. The van der Waals surface area contributed by atoms with E-state index in [1.54, 1.807) is 0 Å². The average Bonchev–Trinajstić information content (AvgIpc) is 3.45. The summed E-state index contributed by atoms with van der Waals surface area (Å²) < 4.78 is 32.3. The highest BCUT2D eigenvalue weighted by Gasteiger charge is 2.16. The number of hydrogen-bond acceptors (Lipinski definition) is 5. The van der Waals surface area contributed by atoms with Crippen molar-refractivity contribution in [2.24, 2.45) is 0 Å². The number of benzene rings is 2. The first-order valence-electron chi connectivity index (χ1n) is 10.9. The van der Waals surface area contributed by atoms with Crippen molar-refractivity contribution in [2.45, 2.75) is 20.0 Å². The predicted octanol–water partition coefficient (Wildman–Crippen LogP) is 3.15. The first kappa shape index (κ1) is 22.1. The van der Waals surface area contributed by atoms with Gasteiger partial charge in [0, 0.05) is 37.4 Å². The molecule has 34 heavy (non-hydrogen) atoms. The smallest absolute Gasteiger partial charge is 0.276 e. The highest BCUT2D eigenvalue weighted by molar-refractivity contribution is 7.87. The number of anilines is 1. The van der Waals surface area contributed by atoms with Crippen molar-refractivity contribution >= 4 is 32.4 Å². The fraction of sp³-hybridized carbons (Fsp3) is 0.167. The SMILES string of the molecule is CNS(=O)(=O)NCc1cccc2c1cc(C)n2-c1nc(NCc2ccccc2)c2cccn2n1. The van der Waals surface area contributed by atoms with E-state index in [0.29, 0.717) is 12.5 Å². The molecule has 5 rings (SSSR count). The Kier molecular flexibility index (Phi) is 5.78. The van der Waals surface area contributed by atoms with E-state index >= 15 is 0 Å². The molecule has 0 saturated carbocycles. The number of aryl methyl sites for hydroxylation is 1. The molecule has 0 atom stereocenters. The molecule has 0 radical (unpaired) electrons. The van der Waals surface area contributed by atoms with Crippen LogP contribution in [0.15, 0.2) is 72.9 Å². The number of rotatable bonds is 8. The van der Waals surface area contributed by atoms with Crippen molar-refractivity contribution in [3.63, 3.8) is 0 Å². The Labute approximate surface area is 197 Å². The Morgan fingerprint density at radius 1 is 0.941 bits per heavy atom. The molecular weight excluding hydrogens is 450 g/mol. The first-order valence-corrected chi connectivity index (χ1v) is 12.3. The minimum atomic E-state index is -3.54. The zero-order valence-corrected chi connectivity index (χ0v) is 19.7. The molecule has 0 spiro atoms. The summed E-state index contributed by atoms with van der Waals surface area (Å²) in [6.45, 7) is 2.80. The molecule has 174 valence electrons. The molecule has 0 bridgehead atoms. The third kappa shape index (κ3) is 4.26. The molecule has 2 aromatic carbocycles. The van der Waals surface area contributed by atoms with E-state index in [4.69, 9.17) is 10.1 Å². The minimum absolute atomic E-state index is 0.172. The summed E-state index contributed by atoms with van der Waals surface area (Å²) in [6, 6.07) is 21.9. The van der Waals surface area contributed by atoms with Gasteiger partial charge in [-0.05, 0) is 42.3 Å². The summed E-state index contributed by atoms with van der Waals surface area (Å²) >= 11 is 0. The van der Waals surface area contributed by atoms with Crippen molar-refractivity contribution in [2.75, 3.05) is 12.4 Å². The summed E-state index contributed by atoms with van der Waals surface area (Å²) in [5, 5.41) is 9.12. The molecule has 5 aromatic rings. The van der Waals surface area contributed by atoms with Crippen LogP contribution in [0.1, 0.15) is 16.8 Å². The summed E-state index contributed by atoms with van der Waals surface area (Å²) in [5.74, 6) is 1.26. The van der Waals surface area contributed by atoms with Crippen LogP contribution in [0, 0.1) is 6.92 Å². The van der Waals surface area contributed by atoms with Crippen molar-refractivity contribution < 1.29 is 8.42 Å². The lowest BCUT2D eigenvalue weighted by atomic mass is 10.1. The van der Waals surface area contributed by atoms with Crippen molar-refractivity contribution in [1.82, 2.24) is 28.6 Å². The van der Waals surface area contributed by atoms with E-state index in [9.17, 15) is 8.42 Å². The Balaban J connectivity index is 1.55. The standard InChI is InChI=1S/C24H25N7O2S/c1-17-14-20-19(16-27-34(32,33)25-2)10-6-11-21(20)31(17)24-28-23(22-12-7-13-30(22)29-24)26-15-18-8-4-3-5-9-18/h3-14,25,27H,15-16H2,1-2H3,(H,26,28,29). The van der Waals surface area contributed by atoms with Gasteiger partial charge < -0.3 is 5.32 Å². The van der Waals surface area contributed by atoms with Gasteiger partial charge in [0.15, 0.2) is 5.82 Å². The van der Waals surface area contributed by atoms with Gasteiger partial charge in [-0.25, -0.2) is 9.24 Å². The van der Waals surface area contributed by atoms with Crippen LogP contribution in [-0.2, 0) is 23.3 Å². The van der Waals surface area contributed by atoms with Crippen LogP contribution >= 0.6 is 0 Å². The largest absolute Gasteiger partial charge is 0.364 e. The van der Waals surface area contributed by atoms with Crippen LogP contribution in [0.25, 0.3) is 22.4 Å². The Bertz CT molecular complexity index is 1570. The third-order valence-corrected chi connectivity index (χ3v) is 6.79. The fourth-order valence-electron chi connectivity index (χ4n) is 4.02. The third-order valence-electron chi connectivity index (χ3n) is 5.72. The maximum absolute atomic E-state index is 11.8. The number of aromatic nitrogens is 4. The molecule has 0 aliphatic rings. The monoisotopic (exact) mass is 475 g/mol. The van der Waals surface area contributed by atoms with Crippen molar-refractivity contribution in [3.05, 3.63) is 89.7 Å². The average molecular weight is 476 g/mol. The van der Waals surface area contributed by atoms with Crippen LogP contribution in [-0.4, -0.2) is 34.6 Å². The maximum Gasteiger partial charge on any atom is 0.276 e. The van der Waals surface area contributed by atoms with Crippen LogP contribution in [0.4, 0.5) is 5.82 Å². The van der Waals surface area contributed by atoms with Gasteiger partial charge in [-0.2, -0.15) is 18.1 Å². The van der Waals surface area contributed by atoms with E-state index in [0.717, 1.165) is 39.1 Å². The molecule has 0 fully saturated rings. The molecule has 3 N–H and O–H groups in total. The molecule has 0 aliphatic carbocycles. The van der Waals surface area contributed by atoms with Gasteiger partial charge in [0.05, 0.1) is 5.52 Å². The second-order valence-corrected chi connectivity index (χ2v) is 9.64. The van der Waals surface area contributed by atoms with E-state index in [1.165, 1.54) is 7.05 Å². The zero-order chi connectivity index (χ0) is 23.7. The molecule has 0 unspecified atom stereocenters. The number of nitrogens with zero attached hydrogens (tertiary/aromatic N) is 4.